The van der Waals surface area contributed by atoms with E-state index in [0.717, 1.165) is 32.2 Å². The Kier molecular flexibility index (Phi) is 7.15. The first-order valence-electron chi connectivity index (χ1n) is 7.69. The third-order valence-corrected chi connectivity index (χ3v) is 5.21. The van der Waals surface area contributed by atoms with Gasteiger partial charge in [-0.1, -0.05) is 23.2 Å². The standard InChI is InChI=1S/C15H22Cl2N2O4S/c1-24(21,22)18-9-11(20)10-19-6-4-12(5-7-19)23-13-2-3-14(16)15(17)8-13/h2-3,8,11-12,18,20H,4-7,9-10H2,1H3/t11-/m1/s1. The van der Waals surface area contributed by atoms with Crippen molar-refractivity contribution in [3.63, 3.8) is 0 Å². The molecule has 0 spiro atoms. The van der Waals surface area contributed by atoms with Crippen molar-refractivity contribution in [2.75, 3.05) is 32.4 Å². The van der Waals surface area contributed by atoms with Crippen molar-refractivity contribution in [3.8, 4) is 5.75 Å². The van der Waals surface area contributed by atoms with Crippen LogP contribution in [-0.2, 0) is 10.0 Å². The maximum Gasteiger partial charge on any atom is 0.208 e. The number of piperidine rings is 1. The van der Waals surface area contributed by atoms with Gasteiger partial charge in [-0.3, -0.25) is 0 Å². The van der Waals surface area contributed by atoms with Gasteiger partial charge in [0, 0.05) is 32.2 Å². The van der Waals surface area contributed by atoms with Gasteiger partial charge in [-0.15, -0.1) is 0 Å². The number of halogens is 2. The van der Waals surface area contributed by atoms with E-state index in [9.17, 15) is 13.5 Å². The molecular weight excluding hydrogens is 375 g/mol. The molecule has 1 heterocycles. The molecule has 0 radical (unpaired) electrons. The molecule has 0 aromatic heterocycles. The van der Waals surface area contributed by atoms with E-state index in [4.69, 9.17) is 27.9 Å². The molecule has 1 atom stereocenters. The van der Waals surface area contributed by atoms with E-state index in [1.807, 2.05) is 0 Å². The number of aliphatic hydroxyl groups excluding tert-OH is 1. The minimum Gasteiger partial charge on any atom is -0.490 e. The second-order valence-corrected chi connectivity index (χ2v) is 8.62. The van der Waals surface area contributed by atoms with E-state index in [1.54, 1.807) is 18.2 Å². The van der Waals surface area contributed by atoms with Gasteiger partial charge in [-0.25, -0.2) is 13.1 Å². The van der Waals surface area contributed by atoms with E-state index < -0.39 is 16.1 Å². The number of sulfonamides is 1. The molecule has 1 aromatic carbocycles. The molecular formula is C15H22Cl2N2O4S. The first kappa shape index (κ1) is 19.8. The lowest BCUT2D eigenvalue weighted by Gasteiger charge is -2.33. The summed E-state index contributed by atoms with van der Waals surface area (Å²) in [6.07, 6.45) is 2.09. The summed E-state index contributed by atoms with van der Waals surface area (Å²) in [6.45, 7) is 2.02. The number of hydrogen-bond acceptors (Lipinski definition) is 5. The summed E-state index contributed by atoms with van der Waals surface area (Å²) < 4.78 is 30.3. The van der Waals surface area contributed by atoms with Crippen molar-refractivity contribution in [3.05, 3.63) is 28.2 Å². The lowest BCUT2D eigenvalue weighted by Crippen LogP contribution is -2.44. The Morgan fingerprint density at radius 3 is 2.58 bits per heavy atom. The Morgan fingerprint density at radius 1 is 1.33 bits per heavy atom. The van der Waals surface area contributed by atoms with Gasteiger partial charge < -0.3 is 14.7 Å². The molecule has 0 saturated carbocycles. The van der Waals surface area contributed by atoms with Crippen LogP contribution in [0.2, 0.25) is 10.0 Å². The van der Waals surface area contributed by atoms with Crippen molar-refractivity contribution < 1.29 is 18.3 Å². The second-order valence-electron chi connectivity index (χ2n) is 5.97. The Hall–Kier alpha value is -0.570. The van der Waals surface area contributed by atoms with E-state index in [-0.39, 0.29) is 12.6 Å². The third kappa shape index (κ3) is 6.74. The van der Waals surface area contributed by atoms with Gasteiger partial charge >= 0.3 is 0 Å². The van der Waals surface area contributed by atoms with Crippen molar-refractivity contribution in [2.45, 2.75) is 25.0 Å². The fourth-order valence-corrected chi connectivity index (χ4v) is 3.35. The molecule has 0 unspecified atom stereocenters. The van der Waals surface area contributed by atoms with Gasteiger partial charge in [-0.2, -0.15) is 0 Å². The first-order valence-corrected chi connectivity index (χ1v) is 10.3. The monoisotopic (exact) mass is 396 g/mol. The zero-order valence-electron chi connectivity index (χ0n) is 13.4. The molecule has 0 amide bonds. The molecule has 136 valence electrons. The number of nitrogens with one attached hydrogen (secondary N) is 1. The van der Waals surface area contributed by atoms with Crippen LogP contribution >= 0.6 is 23.2 Å². The van der Waals surface area contributed by atoms with Crippen LogP contribution in [0.15, 0.2) is 18.2 Å². The summed E-state index contributed by atoms with van der Waals surface area (Å²) in [6, 6.07) is 5.21. The van der Waals surface area contributed by atoms with Gasteiger partial charge in [0.05, 0.1) is 22.4 Å². The summed E-state index contributed by atoms with van der Waals surface area (Å²) in [5.41, 5.74) is 0. The number of hydrogen-bond donors (Lipinski definition) is 2. The van der Waals surface area contributed by atoms with E-state index in [2.05, 4.69) is 9.62 Å². The fraction of sp³-hybridized carbons (Fsp3) is 0.600. The Morgan fingerprint density at radius 2 is 2.00 bits per heavy atom. The number of nitrogens with zero attached hydrogens (tertiary/aromatic N) is 1. The van der Waals surface area contributed by atoms with Crippen LogP contribution in [0.3, 0.4) is 0 Å². The SMILES string of the molecule is CS(=O)(=O)NC[C@@H](O)CN1CCC(Oc2ccc(Cl)c(Cl)c2)CC1. The van der Waals surface area contributed by atoms with E-state index >= 15 is 0 Å². The average Bonchev–Trinajstić information content (AvgIpc) is 2.50. The molecule has 2 rings (SSSR count). The summed E-state index contributed by atoms with van der Waals surface area (Å²) in [5.74, 6) is 0.695. The largest absolute Gasteiger partial charge is 0.490 e. The minimum atomic E-state index is -3.28. The molecule has 0 bridgehead atoms. The normalized spacial score (nSPS) is 18.5. The molecule has 6 nitrogen and oxygen atoms in total. The molecule has 1 aromatic rings. The molecule has 2 N–H and O–H groups in total. The van der Waals surface area contributed by atoms with Crippen molar-refractivity contribution in [1.82, 2.24) is 9.62 Å². The van der Waals surface area contributed by atoms with Gasteiger partial charge in [0.25, 0.3) is 0 Å². The molecule has 1 saturated heterocycles. The summed E-state index contributed by atoms with van der Waals surface area (Å²) in [7, 11) is -3.28. The van der Waals surface area contributed by atoms with Gasteiger partial charge in [0.15, 0.2) is 0 Å². The third-order valence-electron chi connectivity index (χ3n) is 3.78. The Labute approximate surface area is 152 Å². The van der Waals surface area contributed by atoms with Crippen molar-refractivity contribution in [2.24, 2.45) is 0 Å². The van der Waals surface area contributed by atoms with Crippen LogP contribution in [0.5, 0.6) is 5.75 Å². The van der Waals surface area contributed by atoms with Gasteiger partial charge in [0.1, 0.15) is 11.9 Å². The van der Waals surface area contributed by atoms with Crippen LogP contribution in [-0.4, -0.2) is 63.1 Å². The number of likely N-dealkylation sites (tertiary alicyclic amines) is 1. The lowest BCUT2D eigenvalue weighted by molar-refractivity contribution is 0.0630. The zero-order valence-corrected chi connectivity index (χ0v) is 15.7. The zero-order chi connectivity index (χ0) is 17.7. The highest BCUT2D eigenvalue weighted by Gasteiger charge is 2.22. The smallest absolute Gasteiger partial charge is 0.208 e. The fourth-order valence-electron chi connectivity index (χ4n) is 2.56. The number of ether oxygens (including phenoxy) is 1. The highest BCUT2D eigenvalue weighted by molar-refractivity contribution is 7.88. The van der Waals surface area contributed by atoms with Crippen LogP contribution in [0, 0.1) is 0 Å². The molecule has 1 aliphatic rings. The Balaban J connectivity index is 1.73. The number of benzene rings is 1. The molecule has 1 fully saturated rings. The summed E-state index contributed by atoms with van der Waals surface area (Å²) >= 11 is 11.9. The van der Waals surface area contributed by atoms with Crippen LogP contribution in [0.4, 0.5) is 0 Å². The molecule has 24 heavy (non-hydrogen) atoms. The summed E-state index contributed by atoms with van der Waals surface area (Å²) in [4.78, 5) is 2.10. The highest BCUT2D eigenvalue weighted by Crippen LogP contribution is 2.28. The van der Waals surface area contributed by atoms with Crippen LogP contribution in [0.25, 0.3) is 0 Å². The molecule has 9 heteroatoms. The lowest BCUT2D eigenvalue weighted by atomic mass is 10.1. The van der Waals surface area contributed by atoms with E-state index in [0.29, 0.717) is 22.3 Å². The van der Waals surface area contributed by atoms with Crippen molar-refractivity contribution >= 4 is 33.2 Å². The number of β-amino-alcohol motifs (C(OH)–C–C–N with tert-alkyl or cyclic N) is 1. The topological polar surface area (TPSA) is 78.9 Å². The van der Waals surface area contributed by atoms with Gasteiger partial charge in [0.2, 0.25) is 10.0 Å². The first-order chi connectivity index (χ1) is 11.2. The quantitative estimate of drug-likeness (QED) is 0.733. The molecule has 1 aliphatic heterocycles. The summed E-state index contributed by atoms with van der Waals surface area (Å²) in [5, 5.41) is 10.9. The van der Waals surface area contributed by atoms with Crippen LogP contribution < -0.4 is 9.46 Å². The Bertz CT molecular complexity index is 649. The van der Waals surface area contributed by atoms with Crippen LogP contribution in [0.1, 0.15) is 12.8 Å². The number of aliphatic hydroxyl groups is 1. The minimum absolute atomic E-state index is 0.0263. The predicted octanol–water partition coefficient (Wildman–Crippen LogP) is 1.75. The maximum atomic E-state index is 11.0. The molecule has 0 aliphatic carbocycles. The van der Waals surface area contributed by atoms with E-state index in [1.165, 1.54) is 0 Å². The average molecular weight is 397 g/mol. The maximum absolute atomic E-state index is 11.0. The second kappa shape index (κ2) is 8.69. The highest BCUT2D eigenvalue weighted by atomic mass is 35.5. The predicted molar refractivity (Wildman–Crippen MR) is 95.4 cm³/mol. The number of rotatable bonds is 7. The van der Waals surface area contributed by atoms with Gasteiger partial charge in [-0.05, 0) is 25.0 Å². The van der Waals surface area contributed by atoms with Crippen molar-refractivity contribution in [1.29, 1.82) is 0 Å².